The first kappa shape index (κ1) is 15.8. The molecule has 0 atom stereocenters. The van der Waals surface area contributed by atoms with Gasteiger partial charge in [-0.15, -0.1) is 0 Å². The summed E-state index contributed by atoms with van der Waals surface area (Å²) in [6.45, 7) is 0.231. The van der Waals surface area contributed by atoms with Crippen molar-refractivity contribution in [1.29, 1.82) is 0 Å². The number of aryl methyl sites for hydroxylation is 1. The minimum atomic E-state index is -0.0197. The van der Waals surface area contributed by atoms with E-state index in [0.717, 1.165) is 48.0 Å². The molecular weight excluding hydrogens is 350 g/mol. The highest BCUT2D eigenvalue weighted by Crippen LogP contribution is 2.41. The van der Waals surface area contributed by atoms with E-state index in [0.29, 0.717) is 16.3 Å². The van der Waals surface area contributed by atoms with Gasteiger partial charge < -0.3 is 9.47 Å². The summed E-state index contributed by atoms with van der Waals surface area (Å²) >= 11 is 5.99. The van der Waals surface area contributed by atoms with Crippen LogP contribution in [0.25, 0.3) is 10.9 Å². The van der Waals surface area contributed by atoms with Crippen LogP contribution < -0.4 is 9.47 Å². The van der Waals surface area contributed by atoms with Gasteiger partial charge in [0.05, 0.1) is 5.52 Å². The summed E-state index contributed by atoms with van der Waals surface area (Å²) in [5.41, 5.74) is 3.94. The number of aromatic nitrogens is 1. The minimum Gasteiger partial charge on any atom is -0.454 e. The molecule has 1 aliphatic heterocycles. The van der Waals surface area contributed by atoms with Crippen LogP contribution in [0.4, 0.5) is 0 Å². The Morgan fingerprint density at radius 2 is 1.69 bits per heavy atom. The molecule has 0 fully saturated rings. The van der Waals surface area contributed by atoms with Crippen molar-refractivity contribution in [2.45, 2.75) is 32.1 Å². The van der Waals surface area contributed by atoms with Crippen LogP contribution in [-0.4, -0.2) is 17.3 Å². The lowest BCUT2D eigenvalue weighted by atomic mass is 10.1. The number of benzene rings is 2. The number of nitrogens with zero attached hydrogens (tertiary/aromatic N) is 1. The summed E-state index contributed by atoms with van der Waals surface area (Å²) in [5.74, 6) is 1.45. The Hall–Kier alpha value is -2.46. The summed E-state index contributed by atoms with van der Waals surface area (Å²) in [6.07, 6.45) is 5.34. The topological polar surface area (TPSA) is 40.5 Å². The van der Waals surface area contributed by atoms with Gasteiger partial charge in [0.2, 0.25) is 6.79 Å². The maximum Gasteiger partial charge on any atom is 0.262 e. The largest absolute Gasteiger partial charge is 0.454 e. The molecule has 0 saturated carbocycles. The summed E-state index contributed by atoms with van der Waals surface area (Å²) in [7, 11) is 0. The average Bonchev–Trinajstić information content (AvgIpc) is 3.13. The van der Waals surface area contributed by atoms with E-state index in [1.165, 1.54) is 12.0 Å². The Morgan fingerprint density at radius 1 is 0.962 bits per heavy atom. The molecule has 0 unspecified atom stereocenters. The lowest BCUT2D eigenvalue weighted by Crippen LogP contribution is -2.15. The average molecular weight is 368 g/mol. The van der Waals surface area contributed by atoms with E-state index >= 15 is 0 Å². The number of hydrogen-bond donors (Lipinski definition) is 0. The third-order valence-corrected chi connectivity index (χ3v) is 5.56. The van der Waals surface area contributed by atoms with Gasteiger partial charge in [-0.05, 0) is 61.6 Å². The smallest absolute Gasteiger partial charge is 0.262 e. The highest BCUT2D eigenvalue weighted by atomic mass is 35.5. The van der Waals surface area contributed by atoms with E-state index in [9.17, 15) is 4.79 Å². The first-order valence-electron chi connectivity index (χ1n) is 8.98. The first-order valence-corrected chi connectivity index (χ1v) is 9.36. The molecule has 0 saturated heterocycles. The molecule has 2 heterocycles. The molecule has 0 spiro atoms. The zero-order chi connectivity index (χ0) is 17.7. The second kappa shape index (κ2) is 6.06. The number of hydrogen-bond acceptors (Lipinski definition) is 3. The fourth-order valence-corrected chi connectivity index (χ4v) is 4.19. The maximum absolute atomic E-state index is 13.4. The molecule has 5 rings (SSSR count). The summed E-state index contributed by atoms with van der Waals surface area (Å²) in [4.78, 5) is 13.4. The van der Waals surface area contributed by atoms with Crippen molar-refractivity contribution in [2.75, 3.05) is 6.79 Å². The second-order valence-corrected chi connectivity index (χ2v) is 7.29. The van der Waals surface area contributed by atoms with Crippen molar-refractivity contribution in [3.8, 4) is 11.5 Å². The lowest BCUT2D eigenvalue weighted by molar-refractivity contribution is 0.0962. The van der Waals surface area contributed by atoms with E-state index < -0.39 is 0 Å². The van der Waals surface area contributed by atoms with E-state index in [-0.39, 0.29) is 12.7 Å². The standard InChI is InChI=1S/C21H18ClNO3/c22-14-8-6-13(7-9-14)21(24)23-17-5-3-1-2-4-15(17)16-10-19-20(11-18(16)23)26-12-25-19/h6-11H,1-5,12H2. The van der Waals surface area contributed by atoms with Gasteiger partial charge >= 0.3 is 0 Å². The first-order chi connectivity index (χ1) is 12.7. The molecule has 26 heavy (non-hydrogen) atoms. The minimum absolute atomic E-state index is 0.0197. The molecule has 0 amide bonds. The number of ether oxygens (including phenoxy) is 2. The third kappa shape index (κ3) is 2.40. The Morgan fingerprint density at radius 3 is 2.50 bits per heavy atom. The molecule has 2 aromatic carbocycles. The summed E-state index contributed by atoms with van der Waals surface area (Å²) in [6, 6.07) is 11.1. The van der Waals surface area contributed by atoms with Gasteiger partial charge in [-0.1, -0.05) is 18.0 Å². The van der Waals surface area contributed by atoms with Gasteiger partial charge in [-0.3, -0.25) is 9.36 Å². The molecule has 0 N–H and O–H groups in total. The molecule has 132 valence electrons. The van der Waals surface area contributed by atoms with Crippen LogP contribution in [0.5, 0.6) is 11.5 Å². The SMILES string of the molecule is O=C(c1ccc(Cl)cc1)n1c2c(c3cc4c(cc31)OCO4)CCCCC2. The molecule has 3 aromatic rings. The number of carbonyl (C=O) groups excluding carboxylic acids is 1. The molecule has 1 aromatic heterocycles. The Bertz CT molecular complexity index is 1020. The van der Waals surface area contributed by atoms with Crippen molar-refractivity contribution >= 4 is 28.4 Å². The fourth-order valence-electron chi connectivity index (χ4n) is 4.06. The number of fused-ring (bicyclic) bond motifs is 4. The van der Waals surface area contributed by atoms with E-state index in [4.69, 9.17) is 21.1 Å². The van der Waals surface area contributed by atoms with Crippen LogP contribution in [-0.2, 0) is 12.8 Å². The molecular formula is C21H18ClNO3. The van der Waals surface area contributed by atoms with Crippen LogP contribution in [0.2, 0.25) is 5.02 Å². The zero-order valence-corrected chi connectivity index (χ0v) is 15.0. The predicted octanol–water partition coefficient (Wildman–Crippen LogP) is 4.98. The molecule has 0 bridgehead atoms. The van der Waals surface area contributed by atoms with Gasteiger partial charge in [0.1, 0.15) is 0 Å². The van der Waals surface area contributed by atoms with Crippen molar-refractivity contribution in [1.82, 2.24) is 4.57 Å². The van der Waals surface area contributed by atoms with E-state index in [1.54, 1.807) is 24.3 Å². The van der Waals surface area contributed by atoms with Crippen molar-refractivity contribution in [3.63, 3.8) is 0 Å². The van der Waals surface area contributed by atoms with Crippen molar-refractivity contribution in [3.05, 3.63) is 58.2 Å². The summed E-state index contributed by atoms with van der Waals surface area (Å²) in [5, 5.41) is 1.73. The fraction of sp³-hybridized carbons (Fsp3) is 0.286. The molecule has 5 heteroatoms. The van der Waals surface area contributed by atoms with Crippen LogP contribution in [0.3, 0.4) is 0 Å². The van der Waals surface area contributed by atoms with Crippen molar-refractivity contribution in [2.24, 2.45) is 0 Å². The highest BCUT2D eigenvalue weighted by Gasteiger charge is 2.26. The number of rotatable bonds is 1. The van der Waals surface area contributed by atoms with Gasteiger partial charge in [0, 0.05) is 27.7 Å². The predicted molar refractivity (Wildman–Crippen MR) is 101 cm³/mol. The maximum atomic E-state index is 13.4. The quantitative estimate of drug-likeness (QED) is 0.569. The van der Waals surface area contributed by atoms with Crippen LogP contribution >= 0.6 is 11.6 Å². The van der Waals surface area contributed by atoms with Gasteiger partial charge in [-0.2, -0.15) is 0 Å². The summed E-state index contributed by atoms with van der Waals surface area (Å²) < 4.78 is 13.0. The molecule has 4 nitrogen and oxygen atoms in total. The Kier molecular flexibility index (Phi) is 3.68. The Labute approximate surface area is 156 Å². The van der Waals surface area contributed by atoms with Gasteiger partial charge in [-0.25, -0.2) is 0 Å². The monoisotopic (exact) mass is 367 g/mol. The Balaban J connectivity index is 1.76. The van der Waals surface area contributed by atoms with Crippen molar-refractivity contribution < 1.29 is 14.3 Å². The highest BCUT2D eigenvalue weighted by molar-refractivity contribution is 6.30. The number of halogens is 1. The van der Waals surface area contributed by atoms with Crippen LogP contribution in [0.15, 0.2) is 36.4 Å². The number of carbonyl (C=O) groups is 1. The second-order valence-electron chi connectivity index (χ2n) is 6.86. The zero-order valence-electron chi connectivity index (χ0n) is 14.3. The van der Waals surface area contributed by atoms with Crippen LogP contribution in [0.1, 0.15) is 40.9 Å². The van der Waals surface area contributed by atoms with Gasteiger partial charge in [0.15, 0.2) is 11.5 Å². The molecule has 2 aliphatic rings. The van der Waals surface area contributed by atoms with Crippen LogP contribution in [0, 0.1) is 0 Å². The van der Waals surface area contributed by atoms with E-state index in [1.807, 2.05) is 16.7 Å². The van der Waals surface area contributed by atoms with Gasteiger partial charge in [0.25, 0.3) is 5.91 Å². The lowest BCUT2D eigenvalue weighted by Gasteiger charge is -2.10. The van der Waals surface area contributed by atoms with E-state index in [2.05, 4.69) is 0 Å². The third-order valence-electron chi connectivity index (χ3n) is 5.31. The molecule has 0 radical (unpaired) electrons. The normalized spacial score (nSPS) is 15.7. The molecule has 1 aliphatic carbocycles.